The fourth-order valence-electron chi connectivity index (χ4n) is 2.26. The van der Waals surface area contributed by atoms with Gasteiger partial charge in [0.05, 0.1) is 6.20 Å². The summed E-state index contributed by atoms with van der Waals surface area (Å²) in [5.41, 5.74) is 1.36. The van der Waals surface area contributed by atoms with Crippen LogP contribution in [0.1, 0.15) is 24.1 Å². The third-order valence-electron chi connectivity index (χ3n) is 3.38. The minimum Gasteiger partial charge on any atom is -0.444 e. The normalized spacial score (nSPS) is 19.9. The second-order valence-corrected chi connectivity index (χ2v) is 6.05. The molecule has 0 aliphatic carbocycles. The summed E-state index contributed by atoms with van der Waals surface area (Å²) in [6.45, 7) is 2.56. The maximum absolute atomic E-state index is 5.56. The van der Waals surface area contributed by atoms with Crippen LogP contribution in [-0.4, -0.2) is 21.9 Å². The predicted octanol–water partition coefficient (Wildman–Crippen LogP) is 3.04. The quantitative estimate of drug-likeness (QED) is 0.922. The monoisotopic (exact) mass is 301 g/mol. The van der Waals surface area contributed by atoms with Crippen LogP contribution in [0.2, 0.25) is 0 Å². The highest BCUT2D eigenvalue weighted by atomic mass is 32.2. The molecule has 1 aliphatic rings. The van der Waals surface area contributed by atoms with Crippen LogP contribution in [-0.2, 0) is 19.4 Å². The van der Waals surface area contributed by atoms with Crippen molar-refractivity contribution in [2.24, 2.45) is 4.99 Å². The smallest absolute Gasteiger partial charge is 0.216 e. The molecule has 2 aromatic rings. The van der Waals surface area contributed by atoms with Gasteiger partial charge in [-0.05, 0) is 12.0 Å². The van der Waals surface area contributed by atoms with E-state index in [9.17, 15) is 0 Å². The molecule has 0 amide bonds. The highest BCUT2D eigenvalue weighted by Gasteiger charge is 2.20. The molecule has 5 heteroatoms. The average Bonchev–Trinajstić information content (AvgIpc) is 3.15. The summed E-state index contributed by atoms with van der Waals surface area (Å²) in [5.74, 6) is 2.66. The minimum atomic E-state index is 0.451. The first-order chi connectivity index (χ1) is 10.3. The van der Waals surface area contributed by atoms with Gasteiger partial charge in [-0.2, -0.15) is 0 Å². The first-order valence-electron chi connectivity index (χ1n) is 7.24. The lowest BCUT2D eigenvalue weighted by Crippen LogP contribution is -2.29. The Morgan fingerprint density at radius 2 is 2.24 bits per heavy atom. The maximum Gasteiger partial charge on any atom is 0.216 e. The molecule has 1 N–H and O–H groups in total. The molecule has 1 aliphatic heterocycles. The Balaban J connectivity index is 1.53. The van der Waals surface area contributed by atoms with Crippen LogP contribution in [0.15, 0.2) is 45.9 Å². The summed E-state index contributed by atoms with van der Waals surface area (Å²) in [4.78, 5) is 8.77. The highest BCUT2D eigenvalue weighted by Crippen LogP contribution is 2.18. The molecule has 1 aromatic carbocycles. The number of aryl methyl sites for hydroxylation is 1. The van der Waals surface area contributed by atoms with E-state index < -0.39 is 0 Å². The fraction of sp³-hybridized carbons (Fsp3) is 0.375. The molecule has 3 rings (SSSR count). The van der Waals surface area contributed by atoms with Crippen molar-refractivity contribution in [2.45, 2.75) is 32.4 Å². The minimum absolute atomic E-state index is 0.451. The molecule has 0 radical (unpaired) electrons. The van der Waals surface area contributed by atoms with E-state index in [1.165, 1.54) is 5.56 Å². The van der Waals surface area contributed by atoms with E-state index in [2.05, 4.69) is 46.5 Å². The predicted molar refractivity (Wildman–Crippen MR) is 86.5 cm³/mol. The summed E-state index contributed by atoms with van der Waals surface area (Å²) < 4.78 is 5.56. The van der Waals surface area contributed by atoms with Crippen LogP contribution in [0.3, 0.4) is 0 Å². The average molecular weight is 301 g/mol. The van der Waals surface area contributed by atoms with Crippen molar-refractivity contribution in [3.05, 3.63) is 53.7 Å². The van der Waals surface area contributed by atoms with Gasteiger partial charge in [0.2, 0.25) is 5.89 Å². The second kappa shape index (κ2) is 6.80. The van der Waals surface area contributed by atoms with E-state index in [0.717, 1.165) is 29.5 Å². The van der Waals surface area contributed by atoms with Crippen LogP contribution in [0, 0.1) is 0 Å². The lowest BCUT2D eigenvalue weighted by Gasteiger charge is -2.09. The zero-order valence-corrected chi connectivity index (χ0v) is 12.9. The van der Waals surface area contributed by atoms with E-state index in [-0.39, 0.29) is 0 Å². The van der Waals surface area contributed by atoms with E-state index >= 15 is 0 Å². The maximum atomic E-state index is 5.56. The van der Waals surface area contributed by atoms with Gasteiger partial charge in [0.15, 0.2) is 5.17 Å². The number of oxazole rings is 1. The SMILES string of the molecule is CCc1cnc(CN=C2NC(Cc3ccccc3)CS2)o1. The van der Waals surface area contributed by atoms with Gasteiger partial charge in [-0.15, -0.1) is 0 Å². The number of hydrogen-bond acceptors (Lipinski definition) is 4. The van der Waals surface area contributed by atoms with Crippen LogP contribution >= 0.6 is 11.8 Å². The van der Waals surface area contributed by atoms with Gasteiger partial charge in [-0.3, -0.25) is 4.99 Å². The molecule has 4 nitrogen and oxygen atoms in total. The Morgan fingerprint density at radius 1 is 1.38 bits per heavy atom. The second-order valence-electron chi connectivity index (χ2n) is 5.04. The first kappa shape index (κ1) is 14.2. The van der Waals surface area contributed by atoms with E-state index in [4.69, 9.17) is 4.42 Å². The van der Waals surface area contributed by atoms with Crippen LogP contribution in [0.4, 0.5) is 0 Å². The molecule has 1 atom stereocenters. The van der Waals surface area contributed by atoms with E-state index in [0.29, 0.717) is 18.5 Å². The lowest BCUT2D eigenvalue weighted by atomic mass is 10.1. The van der Waals surface area contributed by atoms with Crippen LogP contribution < -0.4 is 5.32 Å². The molecule has 2 heterocycles. The lowest BCUT2D eigenvalue weighted by molar-refractivity contribution is 0.461. The molecule has 1 saturated heterocycles. The zero-order chi connectivity index (χ0) is 14.5. The van der Waals surface area contributed by atoms with Gasteiger partial charge in [0, 0.05) is 18.2 Å². The largest absolute Gasteiger partial charge is 0.444 e. The molecule has 1 fully saturated rings. The standard InChI is InChI=1S/C16H19N3OS/c1-2-14-9-17-15(20-14)10-18-16-19-13(11-21-16)8-12-6-4-3-5-7-12/h3-7,9,13H,2,8,10-11H2,1H3,(H,18,19). The number of thioether (sulfide) groups is 1. The number of hydrogen-bond donors (Lipinski definition) is 1. The van der Waals surface area contributed by atoms with E-state index in [1.54, 1.807) is 18.0 Å². The Hall–Kier alpha value is -1.75. The molecule has 0 bridgehead atoms. The van der Waals surface area contributed by atoms with Crippen molar-refractivity contribution >= 4 is 16.9 Å². The number of aromatic nitrogens is 1. The number of nitrogens with one attached hydrogen (secondary N) is 1. The Kier molecular flexibility index (Phi) is 4.60. The molecule has 110 valence electrons. The third-order valence-corrected chi connectivity index (χ3v) is 4.47. The molecule has 0 saturated carbocycles. The van der Waals surface area contributed by atoms with Gasteiger partial charge in [0.25, 0.3) is 0 Å². The molecule has 1 unspecified atom stereocenters. The van der Waals surface area contributed by atoms with Gasteiger partial charge < -0.3 is 9.73 Å². The fourth-order valence-corrected chi connectivity index (χ4v) is 3.23. The molecule has 21 heavy (non-hydrogen) atoms. The molecular weight excluding hydrogens is 282 g/mol. The summed E-state index contributed by atoms with van der Waals surface area (Å²) in [7, 11) is 0. The summed E-state index contributed by atoms with van der Waals surface area (Å²) in [6.07, 6.45) is 3.69. The van der Waals surface area contributed by atoms with E-state index in [1.807, 2.05) is 6.07 Å². The number of amidine groups is 1. The first-order valence-corrected chi connectivity index (χ1v) is 8.23. The highest BCUT2D eigenvalue weighted by molar-refractivity contribution is 8.14. The van der Waals surface area contributed by atoms with Gasteiger partial charge in [-0.25, -0.2) is 4.98 Å². The number of nitrogens with zero attached hydrogens (tertiary/aromatic N) is 2. The van der Waals surface area contributed by atoms with Crippen molar-refractivity contribution in [2.75, 3.05) is 5.75 Å². The molecular formula is C16H19N3OS. The van der Waals surface area contributed by atoms with Crippen LogP contribution in [0.5, 0.6) is 0 Å². The summed E-state index contributed by atoms with van der Waals surface area (Å²) >= 11 is 1.77. The Morgan fingerprint density at radius 3 is 3.00 bits per heavy atom. The van der Waals surface area contributed by atoms with Gasteiger partial charge in [-0.1, -0.05) is 49.0 Å². The van der Waals surface area contributed by atoms with Crippen molar-refractivity contribution in [1.82, 2.24) is 10.3 Å². The van der Waals surface area contributed by atoms with Crippen molar-refractivity contribution in [1.29, 1.82) is 0 Å². The topological polar surface area (TPSA) is 50.4 Å². The van der Waals surface area contributed by atoms with Gasteiger partial charge >= 0.3 is 0 Å². The Labute approximate surface area is 129 Å². The summed E-state index contributed by atoms with van der Waals surface area (Å²) in [6, 6.07) is 11.0. The van der Waals surface area contributed by atoms with Crippen molar-refractivity contribution in [3.8, 4) is 0 Å². The van der Waals surface area contributed by atoms with Gasteiger partial charge in [0.1, 0.15) is 12.3 Å². The number of rotatable bonds is 5. The molecule has 1 aromatic heterocycles. The number of aliphatic imine (C=N–C) groups is 1. The number of benzene rings is 1. The van der Waals surface area contributed by atoms with Crippen LogP contribution in [0.25, 0.3) is 0 Å². The Bertz CT molecular complexity index is 609. The van der Waals surface area contributed by atoms with Crippen molar-refractivity contribution in [3.63, 3.8) is 0 Å². The molecule has 0 spiro atoms. The third kappa shape index (κ3) is 3.88. The van der Waals surface area contributed by atoms with Crippen molar-refractivity contribution < 1.29 is 4.42 Å². The zero-order valence-electron chi connectivity index (χ0n) is 12.1. The summed E-state index contributed by atoms with van der Waals surface area (Å²) in [5, 5.41) is 4.47.